The highest BCUT2D eigenvalue weighted by atomic mass is 32.2. The van der Waals surface area contributed by atoms with Crippen LogP contribution >= 0.6 is 11.8 Å². The number of carbonyl (C=O) groups is 1. The zero-order valence-electron chi connectivity index (χ0n) is 13.8. The minimum Gasteiger partial charge on any atom is -0.455 e. The molecule has 0 atom stereocenters. The van der Waals surface area contributed by atoms with Gasteiger partial charge in [-0.15, -0.1) is 0 Å². The molecule has 1 N–H and O–H groups in total. The molecule has 0 radical (unpaired) electrons. The Bertz CT molecular complexity index is 935. The van der Waals surface area contributed by atoms with Gasteiger partial charge in [0.05, 0.1) is 16.3 Å². The van der Waals surface area contributed by atoms with Crippen molar-refractivity contribution >= 4 is 23.2 Å². The number of fused-ring (bicyclic) bond motifs is 2. The summed E-state index contributed by atoms with van der Waals surface area (Å²) in [4.78, 5) is 14.4. The van der Waals surface area contributed by atoms with E-state index in [0.29, 0.717) is 0 Å². The maximum absolute atomic E-state index is 12.3. The molecule has 124 valence electrons. The highest BCUT2D eigenvalue weighted by Gasteiger charge is 2.17. The van der Waals surface area contributed by atoms with E-state index in [-0.39, 0.29) is 12.3 Å². The predicted octanol–water partition coefficient (Wildman–Crippen LogP) is 5.55. The third kappa shape index (κ3) is 3.39. The minimum absolute atomic E-state index is 0.0759. The van der Waals surface area contributed by atoms with Crippen molar-refractivity contribution in [3.63, 3.8) is 0 Å². The van der Waals surface area contributed by atoms with Gasteiger partial charge in [-0.05, 0) is 37.3 Å². The van der Waals surface area contributed by atoms with Gasteiger partial charge in [0.1, 0.15) is 11.5 Å². The summed E-state index contributed by atoms with van der Waals surface area (Å²) in [6.45, 7) is 2.28. The zero-order valence-corrected chi connectivity index (χ0v) is 14.6. The number of anilines is 1. The molecule has 3 nitrogen and oxygen atoms in total. The van der Waals surface area contributed by atoms with Gasteiger partial charge in [-0.25, -0.2) is 0 Å². The fourth-order valence-corrected chi connectivity index (χ4v) is 3.65. The van der Waals surface area contributed by atoms with Crippen molar-refractivity contribution < 1.29 is 9.53 Å². The summed E-state index contributed by atoms with van der Waals surface area (Å²) >= 11 is 1.68. The SMILES string of the molecule is Cc1ccc(C(=O)CNc2ccc3c(c2)Sc2ccccc2O3)cc1. The monoisotopic (exact) mass is 347 g/mol. The highest BCUT2D eigenvalue weighted by molar-refractivity contribution is 7.99. The van der Waals surface area contributed by atoms with Crippen molar-refractivity contribution in [3.8, 4) is 11.5 Å². The van der Waals surface area contributed by atoms with Gasteiger partial charge in [0, 0.05) is 11.3 Å². The summed E-state index contributed by atoms with van der Waals surface area (Å²) < 4.78 is 5.92. The van der Waals surface area contributed by atoms with Gasteiger partial charge in [0.15, 0.2) is 5.78 Å². The van der Waals surface area contributed by atoms with Crippen molar-refractivity contribution in [2.24, 2.45) is 0 Å². The summed E-state index contributed by atoms with van der Waals surface area (Å²) in [5.74, 6) is 1.81. The number of rotatable bonds is 4. The van der Waals surface area contributed by atoms with E-state index >= 15 is 0 Å². The first-order chi connectivity index (χ1) is 12.2. The molecule has 0 bridgehead atoms. The van der Waals surface area contributed by atoms with Crippen LogP contribution in [0.1, 0.15) is 15.9 Å². The van der Waals surface area contributed by atoms with Crippen LogP contribution in [0.2, 0.25) is 0 Å². The first-order valence-corrected chi connectivity index (χ1v) is 8.93. The van der Waals surface area contributed by atoms with Crippen LogP contribution in [0.5, 0.6) is 11.5 Å². The average molecular weight is 347 g/mol. The van der Waals surface area contributed by atoms with Gasteiger partial charge in [-0.2, -0.15) is 0 Å². The molecular weight excluding hydrogens is 330 g/mol. The molecule has 0 saturated heterocycles. The number of nitrogens with one attached hydrogen (secondary N) is 1. The predicted molar refractivity (Wildman–Crippen MR) is 101 cm³/mol. The molecule has 0 amide bonds. The normalized spacial score (nSPS) is 11.9. The van der Waals surface area contributed by atoms with Crippen LogP contribution in [0.3, 0.4) is 0 Å². The fraction of sp³-hybridized carbons (Fsp3) is 0.0952. The Hall–Kier alpha value is -2.72. The number of para-hydroxylation sites is 1. The van der Waals surface area contributed by atoms with Crippen LogP contribution < -0.4 is 10.1 Å². The number of hydrogen-bond acceptors (Lipinski definition) is 4. The van der Waals surface area contributed by atoms with E-state index in [4.69, 9.17) is 4.74 Å². The number of hydrogen-bond donors (Lipinski definition) is 1. The van der Waals surface area contributed by atoms with Crippen LogP contribution in [0.15, 0.2) is 76.5 Å². The lowest BCUT2D eigenvalue weighted by Crippen LogP contribution is -2.14. The van der Waals surface area contributed by atoms with E-state index < -0.39 is 0 Å². The molecule has 0 aromatic heterocycles. The summed E-state index contributed by atoms with van der Waals surface area (Å²) in [6.07, 6.45) is 0. The van der Waals surface area contributed by atoms with Crippen molar-refractivity contribution in [1.29, 1.82) is 0 Å². The molecule has 0 spiro atoms. The Morgan fingerprint density at radius 2 is 1.72 bits per heavy atom. The first-order valence-electron chi connectivity index (χ1n) is 8.11. The fourth-order valence-electron chi connectivity index (χ4n) is 2.66. The third-order valence-corrected chi connectivity index (χ3v) is 5.16. The maximum Gasteiger partial charge on any atom is 0.181 e. The molecule has 4 rings (SSSR count). The topological polar surface area (TPSA) is 38.3 Å². The molecule has 25 heavy (non-hydrogen) atoms. The van der Waals surface area contributed by atoms with Crippen molar-refractivity contribution in [3.05, 3.63) is 77.9 Å². The second-order valence-corrected chi connectivity index (χ2v) is 7.04. The number of ketones is 1. The summed E-state index contributed by atoms with van der Waals surface area (Å²) in [5.41, 5.74) is 2.79. The smallest absolute Gasteiger partial charge is 0.181 e. The largest absolute Gasteiger partial charge is 0.455 e. The van der Waals surface area contributed by atoms with E-state index in [1.54, 1.807) is 11.8 Å². The Morgan fingerprint density at radius 1 is 0.960 bits per heavy atom. The lowest BCUT2D eigenvalue weighted by atomic mass is 10.1. The van der Waals surface area contributed by atoms with Crippen LogP contribution in [0.4, 0.5) is 5.69 Å². The second kappa shape index (κ2) is 6.65. The van der Waals surface area contributed by atoms with E-state index in [1.165, 1.54) is 0 Å². The van der Waals surface area contributed by atoms with Crippen molar-refractivity contribution in [1.82, 2.24) is 0 Å². The third-order valence-electron chi connectivity index (χ3n) is 4.06. The number of ether oxygens (including phenoxy) is 1. The number of Topliss-reactive ketones (excluding diaryl/α,β-unsaturated/α-hetero) is 1. The number of benzene rings is 3. The van der Waals surface area contributed by atoms with Gasteiger partial charge in [-0.3, -0.25) is 4.79 Å². The Labute approximate surface area is 151 Å². The molecule has 0 fully saturated rings. The van der Waals surface area contributed by atoms with Crippen LogP contribution in [-0.2, 0) is 0 Å². The highest BCUT2D eigenvalue weighted by Crippen LogP contribution is 2.47. The molecule has 3 aromatic rings. The maximum atomic E-state index is 12.3. The molecule has 0 saturated carbocycles. The Morgan fingerprint density at radius 3 is 2.56 bits per heavy atom. The molecule has 4 heteroatoms. The minimum atomic E-state index is 0.0759. The molecule has 1 aliphatic heterocycles. The van der Waals surface area contributed by atoms with Gasteiger partial charge in [-0.1, -0.05) is 53.7 Å². The molecule has 1 aliphatic rings. The van der Waals surface area contributed by atoms with Gasteiger partial charge in [0.25, 0.3) is 0 Å². The summed E-state index contributed by atoms with van der Waals surface area (Å²) in [6, 6.07) is 21.5. The zero-order chi connectivity index (χ0) is 17.2. The summed E-state index contributed by atoms with van der Waals surface area (Å²) in [5, 5.41) is 3.21. The molecule has 3 aromatic carbocycles. The van der Waals surface area contributed by atoms with Crippen LogP contribution in [0, 0.1) is 6.92 Å². The Balaban J connectivity index is 1.46. The standard InChI is InChI=1S/C21H17NO2S/c1-14-6-8-15(9-7-14)17(23)13-22-16-10-11-19-21(12-16)25-20-5-3-2-4-18(20)24-19/h2-12,22H,13H2,1H3. The second-order valence-electron chi connectivity index (χ2n) is 5.96. The van der Waals surface area contributed by atoms with Gasteiger partial charge >= 0.3 is 0 Å². The van der Waals surface area contributed by atoms with E-state index in [1.807, 2.05) is 73.7 Å². The molecule has 0 aliphatic carbocycles. The van der Waals surface area contributed by atoms with Crippen molar-refractivity contribution in [2.75, 3.05) is 11.9 Å². The number of carbonyl (C=O) groups excluding carboxylic acids is 1. The first kappa shape index (κ1) is 15.8. The lowest BCUT2D eigenvalue weighted by molar-refractivity contribution is 0.101. The molecular formula is C21H17NO2S. The average Bonchev–Trinajstić information content (AvgIpc) is 2.65. The van der Waals surface area contributed by atoms with E-state index in [2.05, 4.69) is 5.32 Å². The van der Waals surface area contributed by atoms with Crippen LogP contribution in [0.25, 0.3) is 0 Å². The van der Waals surface area contributed by atoms with E-state index in [9.17, 15) is 4.79 Å². The molecule has 0 unspecified atom stereocenters. The molecule has 1 heterocycles. The van der Waals surface area contributed by atoms with Crippen LogP contribution in [-0.4, -0.2) is 12.3 Å². The quantitative estimate of drug-likeness (QED) is 0.491. The lowest BCUT2D eigenvalue weighted by Gasteiger charge is -2.20. The van der Waals surface area contributed by atoms with Gasteiger partial charge in [0.2, 0.25) is 0 Å². The number of aryl methyl sites for hydroxylation is 1. The van der Waals surface area contributed by atoms with E-state index in [0.717, 1.165) is 38.1 Å². The van der Waals surface area contributed by atoms with Crippen molar-refractivity contribution in [2.45, 2.75) is 16.7 Å². The Kier molecular flexibility index (Phi) is 4.20. The van der Waals surface area contributed by atoms with Gasteiger partial charge < -0.3 is 10.1 Å². The summed E-state index contributed by atoms with van der Waals surface area (Å²) in [7, 11) is 0.